The molecule has 0 unspecified atom stereocenters. The number of amides is 1. The third kappa shape index (κ3) is 5.28. The van der Waals surface area contributed by atoms with Crippen molar-refractivity contribution >= 4 is 27.6 Å². The van der Waals surface area contributed by atoms with Gasteiger partial charge in [0.15, 0.2) is 0 Å². The maximum atomic E-state index is 12.4. The number of hydrogen-bond acceptors (Lipinski definition) is 6. The van der Waals surface area contributed by atoms with E-state index in [0.717, 1.165) is 0 Å². The second-order valence-corrected chi connectivity index (χ2v) is 7.29. The molecule has 9 heteroatoms. The highest BCUT2D eigenvalue weighted by molar-refractivity contribution is 7.89. The van der Waals surface area contributed by atoms with E-state index >= 15 is 0 Å². The Kier molecular flexibility index (Phi) is 6.54. The van der Waals surface area contributed by atoms with Gasteiger partial charge in [0, 0.05) is 5.69 Å². The molecule has 0 aromatic heterocycles. The van der Waals surface area contributed by atoms with E-state index in [4.69, 9.17) is 4.74 Å². The number of esters is 1. The van der Waals surface area contributed by atoms with Crippen LogP contribution in [0, 0.1) is 0 Å². The molecule has 2 N–H and O–H groups in total. The molecule has 0 spiro atoms. The van der Waals surface area contributed by atoms with Crippen LogP contribution >= 0.6 is 0 Å². The molecule has 144 valence electrons. The second-order valence-electron chi connectivity index (χ2n) is 5.58. The molecule has 0 saturated heterocycles. The van der Waals surface area contributed by atoms with Crippen molar-refractivity contribution in [2.45, 2.75) is 17.9 Å². The molecule has 0 aliphatic carbocycles. The fraction of sp³-hybridized carbons (Fsp3) is 0.222. The van der Waals surface area contributed by atoms with Gasteiger partial charge in [-0.15, -0.1) is 0 Å². The van der Waals surface area contributed by atoms with Crippen LogP contribution in [0.15, 0.2) is 53.4 Å². The van der Waals surface area contributed by atoms with E-state index in [1.807, 2.05) is 0 Å². The monoisotopic (exact) mass is 392 g/mol. The van der Waals surface area contributed by atoms with E-state index in [2.05, 4.69) is 14.8 Å². The van der Waals surface area contributed by atoms with Gasteiger partial charge in [0.2, 0.25) is 15.9 Å². The number of anilines is 1. The van der Waals surface area contributed by atoms with Crippen LogP contribution in [-0.4, -0.2) is 40.6 Å². The molecule has 2 rings (SSSR count). The molecule has 1 atom stereocenters. The van der Waals surface area contributed by atoms with E-state index < -0.39 is 27.9 Å². The SMILES string of the molecule is COC(=O)c1ccc(NC(=O)[C@H](C)NS(=O)(=O)c2ccc(OC)cc2)cc1. The van der Waals surface area contributed by atoms with Gasteiger partial charge in [0.05, 0.1) is 30.7 Å². The fourth-order valence-electron chi connectivity index (χ4n) is 2.17. The summed E-state index contributed by atoms with van der Waals surface area (Å²) in [6, 6.07) is 10.8. The first kappa shape index (κ1) is 20.4. The standard InChI is InChI=1S/C18H20N2O6S/c1-12(20-27(23,24)16-10-8-15(25-2)9-11-16)17(21)19-14-6-4-13(5-7-14)18(22)26-3/h4-12,20H,1-3H3,(H,19,21)/t12-/m0/s1. The first-order valence-electron chi connectivity index (χ1n) is 7.92. The average molecular weight is 392 g/mol. The minimum absolute atomic E-state index is 0.0189. The van der Waals surface area contributed by atoms with Crippen molar-refractivity contribution in [1.29, 1.82) is 0 Å². The zero-order chi connectivity index (χ0) is 20.0. The van der Waals surface area contributed by atoms with Gasteiger partial charge in [0.25, 0.3) is 0 Å². The molecule has 0 radical (unpaired) electrons. The normalized spacial score (nSPS) is 12.1. The lowest BCUT2D eigenvalue weighted by Crippen LogP contribution is -2.41. The van der Waals surface area contributed by atoms with Crippen LogP contribution in [0.2, 0.25) is 0 Å². The lowest BCUT2D eigenvalue weighted by molar-refractivity contribution is -0.117. The summed E-state index contributed by atoms with van der Waals surface area (Å²) >= 11 is 0. The molecule has 0 saturated carbocycles. The van der Waals surface area contributed by atoms with Crippen molar-refractivity contribution in [1.82, 2.24) is 4.72 Å². The highest BCUT2D eigenvalue weighted by Gasteiger charge is 2.22. The van der Waals surface area contributed by atoms with Gasteiger partial charge in [-0.1, -0.05) is 0 Å². The summed E-state index contributed by atoms with van der Waals surface area (Å²) in [6.07, 6.45) is 0. The number of ether oxygens (including phenoxy) is 2. The number of nitrogens with one attached hydrogen (secondary N) is 2. The lowest BCUT2D eigenvalue weighted by Gasteiger charge is -2.15. The number of rotatable bonds is 7. The number of hydrogen-bond donors (Lipinski definition) is 2. The van der Waals surface area contributed by atoms with Gasteiger partial charge in [-0.05, 0) is 55.5 Å². The van der Waals surface area contributed by atoms with Crippen molar-refractivity contribution in [3.8, 4) is 5.75 Å². The Bertz CT molecular complexity index is 908. The quantitative estimate of drug-likeness (QED) is 0.695. The molecule has 2 aromatic rings. The number of benzene rings is 2. The summed E-state index contributed by atoms with van der Waals surface area (Å²) in [5.74, 6) is -0.512. The first-order chi connectivity index (χ1) is 12.8. The van der Waals surface area contributed by atoms with E-state index in [9.17, 15) is 18.0 Å². The fourth-order valence-corrected chi connectivity index (χ4v) is 3.37. The molecule has 1 amide bonds. The van der Waals surface area contributed by atoms with E-state index in [0.29, 0.717) is 17.0 Å². The summed E-state index contributed by atoms with van der Waals surface area (Å²) in [5, 5.41) is 2.58. The van der Waals surface area contributed by atoms with Crippen LogP contribution in [-0.2, 0) is 19.6 Å². The van der Waals surface area contributed by atoms with Crippen LogP contribution in [0.3, 0.4) is 0 Å². The van der Waals surface area contributed by atoms with Crippen LogP contribution in [0.1, 0.15) is 17.3 Å². The molecule has 27 heavy (non-hydrogen) atoms. The van der Waals surface area contributed by atoms with Crippen molar-refractivity contribution < 1.29 is 27.5 Å². The zero-order valence-corrected chi connectivity index (χ0v) is 15.9. The number of methoxy groups -OCH3 is 2. The molecule has 2 aromatic carbocycles. The zero-order valence-electron chi connectivity index (χ0n) is 15.1. The van der Waals surface area contributed by atoms with Crippen molar-refractivity contribution in [2.75, 3.05) is 19.5 Å². The Morgan fingerprint density at radius 3 is 2.07 bits per heavy atom. The first-order valence-corrected chi connectivity index (χ1v) is 9.41. The summed E-state index contributed by atoms with van der Waals surface area (Å²) < 4.78 is 36.6. The highest BCUT2D eigenvalue weighted by atomic mass is 32.2. The van der Waals surface area contributed by atoms with Crippen molar-refractivity contribution in [2.24, 2.45) is 0 Å². The van der Waals surface area contributed by atoms with Crippen molar-refractivity contribution in [3.05, 3.63) is 54.1 Å². The Labute approximate surface area is 157 Å². The maximum absolute atomic E-state index is 12.4. The molecule has 0 fully saturated rings. The number of sulfonamides is 1. The van der Waals surface area contributed by atoms with E-state index in [-0.39, 0.29) is 4.90 Å². The summed E-state index contributed by atoms with van der Waals surface area (Å²) in [4.78, 5) is 23.7. The smallest absolute Gasteiger partial charge is 0.337 e. The second kappa shape index (κ2) is 8.65. The Morgan fingerprint density at radius 2 is 1.56 bits per heavy atom. The topological polar surface area (TPSA) is 111 Å². The third-order valence-corrected chi connectivity index (χ3v) is 5.23. The van der Waals surface area contributed by atoms with Gasteiger partial charge in [-0.2, -0.15) is 4.72 Å². The number of carbonyl (C=O) groups excluding carboxylic acids is 2. The predicted octanol–water partition coefficient (Wildman–Crippen LogP) is 1.79. The molecular formula is C18H20N2O6S. The Balaban J connectivity index is 2.02. The molecule has 8 nitrogen and oxygen atoms in total. The molecular weight excluding hydrogens is 372 g/mol. The van der Waals surface area contributed by atoms with E-state index in [1.54, 1.807) is 0 Å². The van der Waals surface area contributed by atoms with Crippen LogP contribution in [0.25, 0.3) is 0 Å². The Hall–Kier alpha value is -2.91. The minimum atomic E-state index is -3.87. The predicted molar refractivity (Wildman–Crippen MR) is 99.2 cm³/mol. The maximum Gasteiger partial charge on any atom is 0.337 e. The average Bonchev–Trinajstić information content (AvgIpc) is 2.67. The van der Waals surface area contributed by atoms with Crippen LogP contribution in [0.5, 0.6) is 5.75 Å². The molecule has 0 aliphatic heterocycles. The van der Waals surface area contributed by atoms with Gasteiger partial charge in [-0.3, -0.25) is 4.79 Å². The number of carbonyl (C=O) groups is 2. The summed E-state index contributed by atoms with van der Waals surface area (Å²) in [6.45, 7) is 1.43. The van der Waals surface area contributed by atoms with Gasteiger partial charge in [0.1, 0.15) is 5.75 Å². The van der Waals surface area contributed by atoms with Crippen molar-refractivity contribution in [3.63, 3.8) is 0 Å². The van der Waals surface area contributed by atoms with Crippen LogP contribution < -0.4 is 14.8 Å². The van der Waals surface area contributed by atoms with Gasteiger partial charge in [-0.25, -0.2) is 13.2 Å². The Morgan fingerprint density at radius 1 is 0.963 bits per heavy atom. The van der Waals surface area contributed by atoms with E-state index in [1.165, 1.54) is 69.7 Å². The highest BCUT2D eigenvalue weighted by Crippen LogP contribution is 2.16. The minimum Gasteiger partial charge on any atom is -0.497 e. The molecule has 0 aliphatic rings. The lowest BCUT2D eigenvalue weighted by atomic mass is 10.2. The van der Waals surface area contributed by atoms with Gasteiger partial charge < -0.3 is 14.8 Å². The molecule has 0 bridgehead atoms. The summed E-state index contributed by atoms with van der Waals surface area (Å²) in [5.41, 5.74) is 0.756. The largest absolute Gasteiger partial charge is 0.497 e. The summed E-state index contributed by atoms with van der Waals surface area (Å²) in [7, 11) is -1.12. The van der Waals surface area contributed by atoms with Crippen LogP contribution in [0.4, 0.5) is 5.69 Å². The van der Waals surface area contributed by atoms with Gasteiger partial charge >= 0.3 is 5.97 Å². The molecule has 0 heterocycles. The third-order valence-electron chi connectivity index (χ3n) is 3.67.